The molecule has 0 aromatic carbocycles. The van der Waals surface area contributed by atoms with E-state index in [4.69, 9.17) is 12.2 Å². The zero-order valence-electron chi connectivity index (χ0n) is 7.08. The molecule has 1 aliphatic heterocycles. The summed E-state index contributed by atoms with van der Waals surface area (Å²) < 4.78 is 0. The summed E-state index contributed by atoms with van der Waals surface area (Å²) in [5.41, 5.74) is 0. The van der Waals surface area contributed by atoms with Crippen LogP contribution in [0.4, 0.5) is 0 Å². The molecule has 2 nitrogen and oxygen atoms in total. The van der Waals surface area contributed by atoms with Gasteiger partial charge in [-0.05, 0) is 19.3 Å². The fourth-order valence-electron chi connectivity index (χ4n) is 1.30. The molecule has 0 aromatic heterocycles. The zero-order chi connectivity index (χ0) is 8.97. The quantitative estimate of drug-likeness (QED) is 0.481. The van der Waals surface area contributed by atoms with Gasteiger partial charge in [0.05, 0.1) is 4.99 Å². The second kappa shape index (κ2) is 4.36. The van der Waals surface area contributed by atoms with E-state index >= 15 is 0 Å². The van der Waals surface area contributed by atoms with Crippen molar-refractivity contribution >= 4 is 23.1 Å². The number of nitrogens with zero attached hydrogens (tertiary/aromatic N) is 1. The molecule has 0 aliphatic carbocycles. The predicted molar refractivity (Wildman–Crippen MR) is 53.0 cm³/mol. The lowest BCUT2D eigenvalue weighted by atomic mass is 10.1. The fourth-order valence-corrected chi connectivity index (χ4v) is 1.64. The first-order valence-corrected chi connectivity index (χ1v) is 4.60. The Bertz CT molecular complexity index is 213. The van der Waals surface area contributed by atoms with Crippen molar-refractivity contribution < 1.29 is 4.79 Å². The van der Waals surface area contributed by atoms with Crippen LogP contribution < -0.4 is 0 Å². The molecular formula is C9H13NOS. The number of hydrogen-bond acceptors (Lipinski definition) is 2. The monoisotopic (exact) mass is 183 g/mol. The van der Waals surface area contributed by atoms with E-state index in [1.54, 1.807) is 11.0 Å². The Labute approximate surface area is 78.2 Å². The van der Waals surface area contributed by atoms with Crippen LogP contribution in [0.3, 0.4) is 0 Å². The van der Waals surface area contributed by atoms with Crippen LogP contribution in [-0.2, 0) is 4.79 Å². The molecule has 1 heterocycles. The molecule has 0 saturated carbocycles. The van der Waals surface area contributed by atoms with E-state index in [9.17, 15) is 4.79 Å². The van der Waals surface area contributed by atoms with Gasteiger partial charge in [0.1, 0.15) is 0 Å². The van der Waals surface area contributed by atoms with E-state index in [2.05, 4.69) is 6.58 Å². The highest BCUT2D eigenvalue weighted by atomic mass is 32.1. The third kappa shape index (κ3) is 2.14. The molecule has 1 amide bonds. The molecule has 0 aromatic rings. The summed E-state index contributed by atoms with van der Waals surface area (Å²) in [6.07, 6.45) is 5.11. The highest BCUT2D eigenvalue weighted by molar-refractivity contribution is 7.80. The van der Waals surface area contributed by atoms with Gasteiger partial charge in [0.15, 0.2) is 0 Å². The van der Waals surface area contributed by atoms with Crippen molar-refractivity contribution in [1.29, 1.82) is 0 Å². The molecule has 3 heteroatoms. The van der Waals surface area contributed by atoms with Gasteiger partial charge >= 0.3 is 0 Å². The number of piperidine rings is 1. The van der Waals surface area contributed by atoms with Gasteiger partial charge in [-0.1, -0.05) is 18.3 Å². The van der Waals surface area contributed by atoms with E-state index in [1.807, 2.05) is 0 Å². The van der Waals surface area contributed by atoms with Crippen LogP contribution in [0.5, 0.6) is 0 Å². The summed E-state index contributed by atoms with van der Waals surface area (Å²) >= 11 is 5.09. The van der Waals surface area contributed by atoms with Crippen molar-refractivity contribution in [2.75, 3.05) is 6.54 Å². The van der Waals surface area contributed by atoms with Gasteiger partial charge in [-0.25, -0.2) is 0 Å². The van der Waals surface area contributed by atoms with Crippen LogP contribution in [0.15, 0.2) is 12.7 Å². The minimum Gasteiger partial charge on any atom is -0.306 e. The third-order valence-electron chi connectivity index (χ3n) is 1.94. The van der Waals surface area contributed by atoms with E-state index in [0.29, 0.717) is 6.42 Å². The van der Waals surface area contributed by atoms with Gasteiger partial charge in [-0.3, -0.25) is 4.79 Å². The topological polar surface area (TPSA) is 20.3 Å². The van der Waals surface area contributed by atoms with E-state index in [0.717, 1.165) is 30.8 Å². The van der Waals surface area contributed by atoms with Crippen molar-refractivity contribution in [3.8, 4) is 0 Å². The van der Waals surface area contributed by atoms with E-state index in [1.165, 1.54) is 0 Å². The molecule has 0 radical (unpaired) electrons. The first-order valence-electron chi connectivity index (χ1n) is 4.20. The lowest BCUT2D eigenvalue weighted by Gasteiger charge is -2.26. The van der Waals surface area contributed by atoms with Crippen LogP contribution in [0.2, 0.25) is 0 Å². The number of carbonyl (C=O) groups is 1. The number of amides is 1. The summed E-state index contributed by atoms with van der Waals surface area (Å²) in [6.45, 7) is 4.33. The van der Waals surface area contributed by atoms with Gasteiger partial charge in [-0.2, -0.15) is 0 Å². The Morgan fingerprint density at radius 2 is 2.42 bits per heavy atom. The van der Waals surface area contributed by atoms with E-state index in [-0.39, 0.29) is 5.91 Å². The molecular weight excluding hydrogens is 170 g/mol. The van der Waals surface area contributed by atoms with Crippen LogP contribution in [-0.4, -0.2) is 22.3 Å². The molecule has 12 heavy (non-hydrogen) atoms. The number of thiocarbonyl (C=S) groups is 1. The van der Waals surface area contributed by atoms with Crippen LogP contribution in [0, 0.1) is 0 Å². The molecule has 0 spiro atoms. The largest absolute Gasteiger partial charge is 0.306 e. The Morgan fingerprint density at radius 3 is 3.00 bits per heavy atom. The summed E-state index contributed by atoms with van der Waals surface area (Å²) in [4.78, 5) is 13.9. The molecule has 1 saturated heterocycles. The lowest BCUT2D eigenvalue weighted by molar-refractivity contribution is -0.126. The summed E-state index contributed by atoms with van der Waals surface area (Å²) in [5, 5.41) is 0. The first kappa shape index (κ1) is 9.39. The summed E-state index contributed by atoms with van der Waals surface area (Å²) in [7, 11) is 0. The highest BCUT2D eigenvalue weighted by Crippen LogP contribution is 2.13. The molecule has 0 unspecified atom stereocenters. The molecule has 1 aliphatic rings. The average molecular weight is 183 g/mol. The molecule has 0 N–H and O–H groups in total. The minimum atomic E-state index is 0.0923. The highest BCUT2D eigenvalue weighted by Gasteiger charge is 2.19. The Kier molecular flexibility index (Phi) is 3.41. The second-order valence-electron chi connectivity index (χ2n) is 2.89. The van der Waals surface area contributed by atoms with Gasteiger partial charge in [0.2, 0.25) is 5.91 Å². The minimum absolute atomic E-state index is 0.0923. The smallest absolute Gasteiger partial charge is 0.231 e. The first-order chi connectivity index (χ1) is 5.75. The van der Waals surface area contributed by atoms with Gasteiger partial charge in [-0.15, -0.1) is 6.58 Å². The lowest BCUT2D eigenvalue weighted by Crippen LogP contribution is -2.38. The Balaban J connectivity index is 2.53. The third-order valence-corrected chi connectivity index (χ3v) is 2.37. The number of rotatable bonds is 2. The molecule has 1 rings (SSSR count). The number of likely N-dealkylation sites (tertiary alicyclic amines) is 1. The van der Waals surface area contributed by atoms with Crippen molar-refractivity contribution in [2.24, 2.45) is 0 Å². The molecule has 1 fully saturated rings. The predicted octanol–water partition coefficient (Wildman–Crippen LogP) is 1.90. The van der Waals surface area contributed by atoms with Crippen molar-refractivity contribution in [2.45, 2.75) is 25.7 Å². The van der Waals surface area contributed by atoms with Crippen LogP contribution in [0.25, 0.3) is 0 Å². The zero-order valence-corrected chi connectivity index (χ0v) is 7.90. The van der Waals surface area contributed by atoms with Gasteiger partial charge in [0, 0.05) is 13.0 Å². The van der Waals surface area contributed by atoms with Crippen molar-refractivity contribution in [3.05, 3.63) is 12.7 Å². The Hall–Kier alpha value is -0.700. The van der Waals surface area contributed by atoms with Crippen molar-refractivity contribution in [3.63, 3.8) is 0 Å². The normalized spacial score (nSPS) is 17.7. The van der Waals surface area contributed by atoms with Crippen molar-refractivity contribution in [1.82, 2.24) is 4.90 Å². The van der Waals surface area contributed by atoms with Crippen LogP contribution >= 0.6 is 12.2 Å². The maximum absolute atomic E-state index is 11.4. The summed E-state index contributed by atoms with van der Waals surface area (Å²) in [5.74, 6) is 0.0923. The molecule has 0 atom stereocenters. The SMILES string of the molecule is C=CCC(=O)N1CCCCC1=S. The Morgan fingerprint density at radius 1 is 1.67 bits per heavy atom. The van der Waals surface area contributed by atoms with Gasteiger partial charge in [0.25, 0.3) is 0 Å². The maximum atomic E-state index is 11.4. The number of hydrogen-bond donors (Lipinski definition) is 0. The fraction of sp³-hybridized carbons (Fsp3) is 0.556. The average Bonchev–Trinajstić information content (AvgIpc) is 2.05. The molecule has 66 valence electrons. The maximum Gasteiger partial charge on any atom is 0.231 e. The number of carbonyl (C=O) groups excluding carboxylic acids is 1. The van der Waals surface area contributed by atoms with Crippen LogP contribution in [0.1, 0.15) is 25.7 Å². The summed E-state index contributed by atoms with van der Waals surface area (Å²) in [6, 6.07) is 0. The molecule has 0 bridgehead atoms. The standard InChI is InChI=1S/C9H13NOS/c1-2-5-8(11)10-7-4-3-6-9(10)12/h2H,1,3-7H2. The van der Waals surface area contributed by atoms with E-state index < -0.39 is 0 Å². The van der Waals surface area contributed by atoms with Gasteiger partial charge < -0.3 is 4.90 Å². The second-order valence-corrected chi connectivity index (χ2v) is 3.36.